The molecule has 0 aliphatic heterocycles. The highest BCUT2D eigenvalue weighted by Gasteiger charge is 2.22. The molecule has 0 spiro atoms. The average molecular weight is 350 g/mol. The lowest BCUT2D eigenvalue weighted by atomic mass is 9.93. The Hall–Kier alpha value is -2.69. The number of hydrogen-bond acceptors (Lipinski definition) is 3. The SMILES string of the molecule is CCCc1c(C(=O)Nc2ccc(C)cc2)cnc2cc(C(C)(C)C)nn12. The Morgan fingerprint density at radius 2 is 1.88 bits per heavy atom. The Balaban J connectivity index is 2.02. The lowest BCUT2D eigenvalue weighted by Gasteiger charge is -2.14. The number of anilines is 1. The summed E-state index contributed by atoms with van der Waals surface area (Å²) in [6, 6.07) is 9.77. The van der Waals surface area contributed by atoms with Crippen molar-refractivity contribution in [2.45, 2.75) is 52.9 Å². The van der Waals surface area contributed by atoms with Gasteiger partial charge in [-0.2, -0.15) is 5.10 Å². The first-order valence-corrected chi connectivity index (χ1v) is 9.05. The van der Waals surface area contributed by atoms with Crippen molar-refractivity contribution in [2.75, 3.05) is 5.32 Å². The number of aromatic nitrogens is 3. The van der Waals surface area contributed by atoms with Crippen molar-refractivity contribution in [3.8, 4) is 0 Å². The molecule has 0 saturated carbocycles. The van der Waals surface area contributed by atoms with Crippen LogP contribution >= 0.6 is 0 Å². The number of benzene rings is 1. The molecule has 136 valence electrons. The van der Waals surface area contributed by atoms with E-state index in [1.807, 2.05) is 41.8 Å². The lowest BCUT2D eigenvalue weighted by Crippen LogP contribution is -2.18. The normalized spacial score (nSPS) is 11.7. The zero-order valence-corrected chi connectivity index (χ0v) is 16.1. The monoisotopic (exact) mass is 350 g/mol. The van der Waals surface area contributed by atoms with Crippen LogP contribution in [0, 0.1) is 6.92 Å². The van der Waals surface area contributed by atoms with Gasteiger partial charge in [-0.1, -0.05) is 51.8 Å². The predicted octanol–water partition coefficient (Wildman–Crippen LogP) is 4.54. The number of rotatable bonds is 4. The fraction of sp³-hybridized carbons (Fsp3) is 0.381. The predicted molar refractivity (Wildman–Crippen MR) is 105 cm³/mol. The van der Waals surface area contributed by atoms with Crippen LogP contribution in [-0.2, 0) is 11.8 Å². The summed E-state index contributed by atoms with van der Waals surface area (Å²) >= 11 is 0. The van der Waals surface area contributed by atoms with E-state index in [0.717, 1.165) is 41.1 Å². The van der Waals surface area contributed by atoms with E-state index >= 15 is 0 Å². The molecule has 1 N–H and O–H groups in total. The summed E-state index contributed by atoms with van der Waals surface area (Å²) < 4.78 is 1.83. The molecule has 1 amide bonds. The topological polar surface area (TPSA) is 59.3 Å². The smallest absolute Gasteiger partial charge is 0.259 e. The minimum absolute atomic E-state index is 0.0680. The van der Waals surface area contributed by atoms with Gasteiger partial charge in [0, 0.05) is 23.4 Å². The largest absolute Gasteiger partial charge is 0.322 e. The molecule has 0 radical (unpaired) electrons. The minimum atomic E-state index is -0.153. The highest BCUT2D eigenvalue weighted by Crippen LogP contribution is 2.23. The van der Waals surface area contributed by atoms with E-state index in [1.54, 1.807) is 6.20 Å². The van der Waals surface area contributed by atoms with E-state index < -0.39 is 0 Å². The highest BCUT2D eigenvalue weighted by molar-refractivity contribution is 6.05. The summed E-state index contributed by atoms with van der Waals surface area (Å²) in [6.07, 6.45) is 3.35. The van der Waals surface area contributed by atoms with Crippen molar-refractivity contribution in [3.63, 3.8) is 0 Å². The van der Waals surface area contributed by atoms with Gasteiger partial charge in [-0.05, 0) is 25.5 Å². The molecule has 0 fully saturated rings. The van der Waals surface area contributed by atoms with Crippen LogP contribution in [0.1, 0.15) is 61.4 Å². The van der Waals surface area contributed by atoms with Gasteiger partial charge >= 0.3 is 0 Å². The Morgan fingerprint density at radius 3 is 2.50 bits per heavy atom. The van der Waals surface area contributed by atoms with E-state index in [0.29, 0.717) is 5.56 Å². The third kappa shape index (κ3) is 3.62. The van der Waals surface area contributed by atoms with E-state index in [4.69, 9.17) is 5.10 Å². The molecule has 0 atom stereocenters. The Kier molecular flexibility index (Phi) is 4.81. The number of carbonyl (C=O) groups is 1. The van der Waals surface area contributed by atoms with E-state index in [2.05, 4.69) is 38.0 Å². The van der Waals surface area contributed by atoms with Crippen molar-refractivity contribution >= 4 is 17.2 Å². The average Bonchev–Trinajstić information content (AvgIpc) is 3.02. The van der Waals surface area contributed by atoms with Crippen LogP contribution in [0.5, 0.6) is 0 Å². The number of nitrogens with zero attached hydrogens (tertiary/aromatic N) is 3. The third-order valence-electron chi connectivity index (χ3n) is 4.39. The molecular formula is C21H26N4O. The summed E-state index contributed by atoms with van der Waals surface area (Å²) in [6.45, 7) is 10.5. The van der Waals surface area contributed by atoms with Crippen molar-refractivity contribution in [1.29, 1.82) is 0 Å². The van der Waals surface area contributed by atoms with Crippen molar-refractivity contribution in [3.05, 3.63) is 59.0 Å². The zero-order valence-electron chi connectivity index (χ0n) is 16.1. The molecule has 0 unspecified atom stereocenters. The van der Waals surface area contributed by atoms with Crippen LogP contribution in [0.4, 0.5) is 5.69 Å². The fourth-order valence-electron chi connectivity index (χ4n) is 2.85. The minimum Gasteiger partial charge on any atom is -0.322 e. The van der Waals surface area contributed by atoms with Gasteiger partial charge < -0.3 is 5.32 Å². The molecule has 3 rings (SSSR count). The first-order chi connectivity index (χ1) is 12.3. The maximum atomic E-state index is 12.8. The van der Waals surface area contributed by atoms with Crippen LogP contribution in [0.25, 0.3) is 5.65 Å². The van der Waals surface area contributed by atoms with Gasteiger partial charge in [0.1, 0.15) is 0 Å². The van der Waals surface area contributed by atoms with Crippen LogP contribution in [0.3, 0.4) is 0 Å². The molecule has 0 aliphatic rings. The molecule has 5 nitrogen and oxygen atoms in total. The number of fused-ring (bicyclic) bond motifs is 1. The van der Waals surface area contributed by atoms with Gasteiger partial charge in [0.15, 0.2) is 5.65 Å². The molecule has 2 heterocycles. The summed E-state index contributed by atoms with van der Waals surface area (Å²) in [5.74, 6) is -0.153. The van der Waals surface area contributed by atoms with E-state index in [1.165, 1.54) is 0 Å². The number of aryl methyl sites for hydroxylation is 2. The number of nitrogens with one attached hydrogen (secondary N) is 1. The summed E-state index contributed by atoms with van der Waals surface area (Å²) in [5, 5.41) is 7.70. The quantitative estimate of drug-likeness (QED) is 0.751. The maximum absolute atomic E-state index is 12.8. The molecule has 0 bridgehead atoms. The van der Waals surface area contributed by atoms with Gasteiger partial charge in [-0.25, -0.2) is 9.50 Å². The molecule has 1 aromatic carbocycles. The Bertz CT molecular complexity index is 933. The molecule has 0 aliphatic carbocycles. The van der Waals surface area contributed by atoms with Gasteiger partial charge in [-0.3, -0.25) is 4.79 Å². The second kappa shape index (κ2) is 6.90. The van der Waals surface area contributed by atoms with Crippen molar-refractivity contribution < 1.29 is 4.79 Å². The highest BCUT2D eigenvalue weighted by atomic mass is 16.1. The van der Waals surface area contributed by atoms with Gasteiger partial charge in [-0.15, -0.1) is 0 Å². The van der Waals surface area contributed by atoms with E-state index in [9.17, 15) is 4.79 Å². The summed E-state index contributed by atoms with van der Waals surface area (Å²) in [5.41, 5.74) is 5.09. The lowest BCUT2D eigenvalue weighted by molar-refractivity contribution is 0.102. The molecule has 26 heavy (non-hydrogen) atoms. The molecule has 3 aromatic rings. The summed E-state index contributed by atoms with van der Waals surface area (Å²) in [4.78, 5) is 17.3. The second-order valence-corrected chi connectivity index (χ2v) is 7.74. The van der Waals surface area contributed by atoms with Crippen LogP contribution < -0.4 is 5.32 Å². The van der Waals surface area contributed by atoms with Crippen molar-refractivity contribution in [1.82, 2.24) is 14.6 Å². The van der Waals surface area contributed by atoms with Crippen LogP contribution in [-0.4, -0.2) is 20.5 Å². The van der Waals surface area contributed by atoms with Gasteiger partial charge in [0.2, 0.25) is 0 Å². The standard InChI is InChI=1S/C21H26N4O/c1-6-7-17-16(20(26)23-15-10-8-14(2)9-11-15)13-22-19-12-18(21(3,4)5)24-25(17)19/h8-13H,6-7H2,1-5H3,(H,23,26). The molecular weight excluding hydrogens is 324 g/mol. The summed E-state index contributed by atoms with van der Waals surface area (Å²) in [7, 11) is 0. The second-order valence-electron chi connectivity index (χ2n) is 7.74. The first kappa shape index (κ1) is 18.1. The fourth-order valence-corrected chi connectivity index (χ4v) is 2.85. The molecule has 0 saturated heterocycles. The Labute approximate surface area is 154 Å². The number of carbonyl (C=O) groups excluding carboxylic acids is 1. The Morgan fingerprint density at radius 1 is 1.19 bits per heavy atom. The maximum Gasteiger partial charge on any atom is 0.259 e. The van der Waals surface area contributed by atoms with E-state index in [-0.39, 0.29) is 11.3 Å². The molecule has 5 heteroatoms. The van der Waals surface area contributed by atoms with Crippen molar-refractivity contribution in [2.24, 2.45) is 0 Å². The molecule has 2 aromatic heterocycles. The zero-order chi connectivity index (χ0) is 18.9. The number of hydrogen-bond donors (Lipinski definition) is 1. The third-order valence-corrected chi connectivity index (χ3v) is 4.39. The first-order valence-electron chi connectivity index (χ1n) is 9.05. The van der Waals surface area contributed by atoms with Gasteiger partial charge in [0.25, 0.3) is 5.91 Å². The van der Waals surface area contributed by atoms with Gasteiger partial charge in [0.05, 0.1) is 17.0 Å². The van der Waals surface area contributed by atoms with Crippen LogP contribution in [0.15, 0.2) is 36.5 Å². The number of amides is 1. The van der Waals surface area contributed by atoms with Crippen LogP contribution in [0.2, 0.25) is 0 Å².